The number of rotatable bonds is 5. The molecule has 0 unspecified atom stereocenters. The Morgan fingerprint density at radius 1 is 0.935 bits per heavy atom. The van der Waals surface area contributed by atoms with Crippen LogP contribution in [0.1, 0.15) is 10.4 Å². The molecule has 0 spiro atoms. The highest BCUT2D eigenvalue weighted by molar-refractivity contribution is 7.89. The number of likely N-dealkylation sites (N-methyl/N-ethyl adjacent to an activating group) is 1. The SMILES string of the molecule is CN1CCN(S(=O)(=O)c2cccc(NC(=O)c3cnc(-c4ccccc4)nc3)c2)CC1. The first-order valence-corrected chi connectivity index (χ1v) is 11.3. The molecule has 0 radical (unpaired) electrons. The average Bonchev–Trinajstić information content (AvgIpc) is 2.80. The second-order valence-corrected chi connectivity index (χ2v) is 9.29. The van der Waals surface area contributed by atoms with E-state index in [1.807, 2.05) is 37.4 Å². The molecule has 1 aliphatic rings. The van der Waals surface area contributed by atoms with Crippen molar-refractivity contribution in [3.63, 3.8) is 0 Å². The zero-order valence-electron chi connectivity index (χ0n) is 17.1. The van der Waals surface area contributed by atoms with Gasteiger partial charge in [0, 0.05) is 49.8 Å². The Bertz CT molecular complexity index is 1160. The van der Waals surface area contributed by atoms with Crippen molar-refractivity contribution < 1.29 is 13.2 Å². The van der Waals surface area contributed by atoms with E-state index in [0.717, 1.165) is 5.56 Å². The second-order valence-electron chi connectivity index (χ2n) is 7.35. The topological polar surface area (TPSA) is 95.5 Å². The molecule has 9 heteroatoms. The van der Waals surface area contributed by atoms with Gasteiger partial charge < -0.3 is 10.2 Å². The highest BCUT2D eigenvalue weighted by Crippen LogP contribution is 2.21. The van der Waals surface area contributed by atoms with Gasteiger partial charge in [-0.25, -0.2) is 18.4 Å². The van der Waals surface area contributed by atoms with Crippen molar-refractivity contribution in [2.75, 3.05) is 38.5 Å². The average molecular weight is 438 g/mol. The van der Waals surface area contributed by atoms with Gasteiger partial charge in [0.05, 0.1) is 10.5 Å². The lowest BCUT2D eigenvalue weighted by Gasteiger charge is -2.31. The van der Waals surface area contributed by atoms with Crippen LogP contribution in [0.25, 0.3) is 11.4 Å². The number of nitrogens with zero attached hydrogens (tertiary/aromatic N) is 4. The summed E-state index contributed by atoms with van der Waals surface area (Å²) in [4.78, 5) is 23.4. The van der Waals surface area contributed by atoms with Gasteiger partial charge in [0.1, 0.15) is 0 Å². The van der Waals surface area contributed by atoms with Crippen molar-refractivity contribution >= 4 is 21.6 Å². The number of piperazine rings is 1. The lowest BCUT2D eigenvalue weighted by molar-refractivity contribution is 0.102. The van der Waals surface area contributed by atoms with Crippen LogP contribution in [0.15, 0.2) is 71.9 Å². The van der Waals surface area contributed by atoms with Crippen LogP contribution in [0.5, 0.6) is 0 Å². The van der Waals surface area contributed by atoms with Crippen LogP contribution < -0.4 is 5.32 Å². The minimum absolute atomic E-state index is 0.158. The number of nitrogens with one attached hydrogen (secondary N) is 1. The minimum Gasteiger partial charge on any atom is -0.322 e. The Kier molecular flexibility index (Phi) is 6.08. The van der Waals surface area contributed by atoms with Crippen LogP contribution >= 0.6 is 0 Å². The van der Waals surface area contributed by atoms with Gasteiger partial charge in [-0.2, -0.15) is 4.31 Å². The van der Waals surface area contributed by atoms with Crippen LogP contribution in [0.2, 0.25) is 0 Å². The summed E-state index contributed by atoms with van der Waals surface area (Å²) in [6.45, 7) is 2.27. The number of carbonyl (C=O) groups is 1. The molecular formula is C22H23N5O3S. The predicted octanol–water partition coefficient (Wildman–Crippen LogP) is 2.33. The van der Waals surface area contributed by atoms with Crippen molar-refractivity contribution in [2.24, 2.45) is 0 Å². The molecule has 2 aromatic carbocycles. The zero-order valence-corrected chi connectivity index (χ0v) is 17.9. The molecule has 0 atom stereocenters. The number of anilines is 1. The quantitative estimate of drug-likeness (QED) is 0.658. The van der Waals surface area contributed by atoms with E-state index in [2.05, 4.69) is 20.2 Å². The third-order valence-corrected chi connectivity index (χ3v) is 7.03. The fraction of sp³-hybridized carbons (Fsp3) is 0.227. The first-order valence-electron chi connectivity index (χ1n) is 9.91. The molecule has 2 heterocycles. The predicted molar refractivity (Wildman–Crippen MR) is 118 cm³/mol. The number of hydrogen-bond donors (Lipinski definition) is 1. The van der Waals surface area contributed by atoms with Crippen LogP contribution in [-0.2, 0) is 10.0 Å². The maximum atomic E-state index is 12.9. The lowest BCUT2D eigenvalue weighted by atomic mass is 10.2. The molecular weight excluding hydrogens is 414 g/mol. The molecule has 1 N–H and O–H groups in total. The van der Waals surface area contributed by atoms with E-state index >= 15 is 0 Å². The van der Waals surface area contributed by atoms with E-state index in [-0.39, 0.29) is 10.5 Å². The number of benzene rings is 2. The zero-order chi connectivity index (χ0) is 21.8. The van der Waals surface area contributed by atoms with Crippen molar-refractivity contribution in [1.82, 2.24) is 19.2 Å². The maximum Gasteiger partial charge on any atom is 0.258 e. The van der Waals surface area contributed by atoms with Gasteiger partial charge in [-0.3, -0.25) is 4.79 Å². The van der Waals surface area contributed by atoms with E-state index < -0.39 is 15.9 Å². The van der Waals surface area contributed by atoms with E-state index in [4.69, 9.17) is 0 Å². The summed E-state index contributed by atoms with van der Waals surface area (Å²) in [6.07, 6.45) is 2.91. The Hall–Kier alpha value is -3.14. The summed E-state index contributed by atoms with van der Waals surface area (Å²) in [5, 5.41) is 2.73. The molecule has 0 bridgehead atoms. The fourth-order valence-electron chi connectivity index (χ4n) is 3.30. The molecule has 0 saturated carbocycles. The van der Waals surface area contributed by atoms with Crippen LogP contribution in [0, 0.1) is 0 Å². The highest BCUT2D eigenvalue weighted by Gasteiger charge is 2.27. The molecule has 1 fully saturated rings. The molecule has 3 aromatic rings. The molecule has 31 heavy (non-hydrogen) atoms. The standard InChI is InChI=1S/C22H23N5O3S/c1-26-10-12-27(13-11-26)31(29,30)20-9-5-8-19(14-20)25-22(28)18-15-23-21(24-16-18)17-6-3-2-4-7-17/h2-9,14-16H,10-13H2,1H3,(H,25,28). The van der Waals surface area contributed by atoms with Crippen LogP contribution in [-0.4, -0.2) is 66.7 Å². The molecule has 0 aliphatic carbocycles. The van der Waals surface area contributed by atoms with Gasteiger partial charge >= 0.3 is 0 Å². The molecule has 1 amide bonds. The summed E-state index contributed by atoms with van der Waals surface area (Å²) in [5.41, 5.74) is 1.54. The summed E-state index contributed by atoms with van der Waals surface area (Å²) in [6, 6.07) is 15.8. The van der Waals surface area contributed by atoms with Gasteiger partial charge in [0.2, 0.25) is 10.0 Å². The largest absolute Gasteiger partial charge is 0.322 e. The van der Waals surface area contributed by atoms with Gasteiger partial charge in [-0.1, -0.05) is 36.4 Å². The molecule has 1 aromatic heterocycles. The molecule has 4 rings (SSSR count). The van der Waals surface area contributed by atoms with Gasteiger partial charge in [-0.05, 0) is 25.2 Å². The molecule has 160 valence electrons. The number of amides is 1. The van der Waals surface area contributed by atoms with E-state index in [9.17, 15) is 13.2 Å². The third kappa shape index (κ3) is 4.79. The second kappa shape index (κ2) is 8.93. The number of sulfonamides is 1. The maximum absolute atomic E-state index is 12.9. The minimum atomic E-state index is -3.61. The molecule has 8 nitrogen and oxygen atoms in total. The van der Waals surface area contributed by atoms with E-state index in [1.165, 1.54) is 22.8 Å². The first kappa shape index (κ1) is 21.1. The van der Waals surface area contributed by atoms with Crippen LogP contribution in [0.4, 0.5) is 5.69 Å². The third-order valence-electron chi connectivity index (χ3n) is 5.14. The summed E-state index contributed by atoms with van der Waals surface area (Å²) in [5.74, 6) is 0.117. The van der Waals surface area contributed by atoms with E-state index in [1.54, 1.807) is 18.2 Å². The van der Waals surface area contributed by atoms with Gasteiger partial charge in [0.15, 0.2) is 5.82 Å². The number of hydrogen-bond acceptors (Lipinski definition) is 6. The van der Waals surface area contributed by atoms with Crippen molar-refractivity contribution in [3.05, 3.63) is 72.6 Å². The smallest absolute Gasteiger partial charge is 0.258 e. The Labute approximate surface area is 181 Å². The Balaban J connectivity index is 1.48. The van der Waals surface area contributed by atoms with E-state index in [0.29, 0.717) is 37.7 Å². The first-order chi connectivity index (χ1) is 14.9. The molecule has 1 aliphatic heterocycles. The Morgan fingerprint density at radius 2 is 1.61 bits per heavy atom. The normalized spacial score (nSPS) is 15.5. The summed E-state index contributed by atoms with van der Waals surface area (Å²) < 4.78 is 27.4. The molecule has 1 saturated heterocycles. The monoisotopic (exact) mass is 437 g/mol. The summed E-state index contributed by atoms with van der Waals surface area (Å²) in [7, 11) is -1.65. The van der Waals surface area contributed by atoms with Crippen molar-refractivity contribution in [3.8, 4) is 11.4 Å². The van der Waals surface area contributed by atoms with Crippen LogP contribution in [0.3, 0.4) is 0 Å². The van der Waals surface area contributed by atoms with Crippen molar-refractivity contribution in [2.45, 2.75) is 4.90 Å². The van der Waals surface area contributed by atoms with Gasteiger partial charge in [0.25, 0.3) is 5.91 Å². The Morgan fingerprint density at radius 3 is 2.29 bits per heavy atom. The number of carbonyl (C=O) groups excluding carboxylic acids is 1. The lowest BCUT2D eigenvalue weighted by Crippen LogP contribution is -2.47. The highest BCUT2D eigenvalue weighted by atomic mass is 32.2. The fourth-order valence-corrected chi connectivity index (χ4v) is 4.77. The number of aromatic nitrogens is 2. The summed E-state index contributed by atoms with van der Waals surface area (Å²) >= 11 is 0. The van der Waals surface area contributed by atoms with Crippen molar-refractivity contribution in [1.29, 1.82) is 0 Å². The van der Waals surface area contributed by atoms with Gasteiger partial charge in [-0.15, -0.1) is 0 Å².